The van der Waals surface area contributed by atoms with Crippen LogP contribution in [0.15, 0.2) is 12.5 Å². The number of carbonyl (C=O) groups is 1. The Morgan fingerprint density at radius 3 is 3.15 bits per heavy atom. The van der Waals surface area contributed by atoms with E-state index in [0.29, 0.717) is 12.2 Å². The SMILES string of the molecule is O=C(O)Cn1cc(CNc2ncnc3c2CCC3)nn1. The van der Waals surface area contributed by atoms with Crippen molar-refractivity contribution >= 4 is 11.8 Å². The molecule has 1 aliphatic carbocycles. The second kappa shape index (κ2) is 5.24. The van der Waals surface area contributed by atoms with Crippen molar-refractivity contribution < 1.29 is 9.90 Å². The topological polar surface area (TPSA) is 106 Å². The lowest BCUT2D eigenvalue weighted by Crippen LogP contribution is -2.09. The van der Waals surface area contributed by atoms with Gasteiger partial charge in [0.2, 0.25) is 0 Å². The minimum atomic E-state index is -0.942. The molecule has 0 fully saturated rings. The Morgan fingerprint density at radius 2 is 2.30 bits per heavy atom. The van der Waals surface area contributed by atoms with Gasteiger partial charge in [0.25, 0.3) is 0 Å². The first kappa shape index (κ1) is 12.5. The lowest BCUT2D eigenvalue weighted by atomic mass is 10.2. The maximum atomic E-state index is 10.6. The molecule has 2 heterocycles. The number of carboxylic acids is 1. The summed E-state index contributed by atoms with van der Waals surface area (Å²) in [5.41, 5.74) is 2.96. The van der Waals surface area contributed by atoms with E-state index < -0.39 is 5.97 Å². The molecule has 104 valence electrons. The zero-order valence-electron chi connectivity index (χ0n) is 10.8. The molecule has 0 unspecified atom stereocenters. The van der Waals surface area contributed by atoms with Gasteiger partial charge in [-0.1, -0.05) is 5.21 Å². The number of aromatic nitrogens is 5. The molecule has 0 spiro atoms. The summed E-state index contributed by atoms with van der Waals surface area (Å²) in [4.78, 5) is 19.1. The Bertz CT molecular complexity index is 639. The van der Waals surface area contributed by atoms with Gasteiger partial charge in [-0.25, -0.2) is 14.6 Å². The number of carboxylic acid groups (broad SMARTS) is 1. The monoisotopic (exact) mass is 274 g/mol. The van der Waals surface area contributed by atoms with Crippen molar-refractivity contribution in [3.8, 4) is 0 Å². The number of anilines is 1. The van der Waals surface area contributed by atoms with Gasteiger partial charge in [-0.15, -0.1) is 5.10 Å². The zero-order chi connectivity index (χ0) is 13.9. The lowest BCUT2D eigenvalue weighted by molar-refractivity contribution is -0.137. The highest BCUT2D eigenvalue weighted by atomic mass is 16.4. The van der Waals surface area contributed by atoms with Gasteiger partial charge in [0.15, 0.2) is 0 Å². The molecule has 0 atom stereocenters. The maximum Gasteiger partial charge on any atom is 0.325 e. The Kier molecular flexibility index (Phi) is 3.28. The van der Waals surface area contributed by atoms with E-state index in [1.807, 2.05) is 0 Å². The summed E-state index contributed by atoms with van der Waals surface area (Å²) >= 11 is 0. The molecule has 0 aromatic carbocycles. The number of fused-ring (bicyclic) bond motifs is 1. The van der Waals surface area contributed by atoms with Crippen LogP contribution in [0.5, 0.6) is 0 Å². The van der Waals surface area contributed by atoms with Crippen molar-refractivity contribution in [2.45, 2.75) is 32.4 Å². The van der Waals surface area contributed by atoms with Gasteiger partial charge in [0, 0.05) is 11.3 Å². The zero-order valence-corrected chi connectivity index (χ0v) is 10.8. The molecule has 8 nitrogen and oxygen atoms in total. The van der Waals surface area contributed by atoms with Gasteiger partial charge in [0.1, 0.15) is 24.4 Å². The second-order valence-electron chi connectivity index (χ2n) is 4.66. The van der Waals surface area contributed by atoms with E-state index >= 15 is 0 Å². The van der Waals surface area contributed by atoms with Crippen molar-refractivity contribution in [2.75, 3.05) is 5.32 Å². The van der Waals surface area contributed by atoms with Crippen LogP contribution in [0.1, 0.15) is 23.4 Å². The highest BCUT2D eigenvalue weighted by molar-refractivity contribution is 5.66. The van der Waals surface area contributed by atoms with Crippen LogP contribution in [0.3, 0.4) is 0 Å². The number of hydrogen-bond donors (Lipinski definition) is 2. The third-order valence-corrected chi connectivity index (χ3v) is 3.20. The molecular weight excluding hydrogens is 260 g/mol. The van der Waals surface area contributed by atoms with E-state index in [2.05, 4.69) is 25.6 Å². The van der Waals surface area contributed by atoms with Gasteiger partial charge >= 0.3 is 5.97 Å². The van der Waals surface area contributed by atoms with Crippen LogP contribution < -0.4 is 5.32 Å². The van der Waals surface area contributed by atoms with Crippen molar-refractivity contribution in [3.63, 3.8) is 0 Å². The van der Waals surface area contributed by atoms with Crippen molar-refractivity contribution in [1.29, 1.82) is 0 Å². The number of nitrogens with zero attached hydrogens (tertiary/aromatic N) is 5. The Morgan fingerprint density at radius 1 is 1.40 bits per heavy atom. The molecule has 20 heavy (non-hydrogen) atoms. The van der Waals surface area contributed by atoms with Crippen LogP contribution in [-0.4, -0.2) is 36.0 Å². The quantitative estimate of drug-likeness (QED) is 0.805. The van der Waals surface area contributed by atoms with Gasteiger partial charge in [0.05, 0.1) is 12.7 Å². The summed E-state index contributed by atoms with van der Waals surface area (Å²) in [7, 11) is 0. The predicted octanol–water partition coefficient (Wildman–Crippen LogP) is 0.253. The first-order valence-corrected chi connectivity index (χ1v) is 6.40. The molecule has 0 bridgehead atoms. The summed E-state index contributed by atoms with van der Waals surface area (Å²) in [5.74, 6) is -0.108. The molecule has 0 saturated heterocycles. The fourth-order valence-corrected chi connectivity index (χ4v) is 2.32. The number of aliphatic carboxylic acids is 1. The second-order valence-corrected chi connectivity index (χ2v) is 4.66. The fraction of sp³-hybridized carbons (Fsp3) is 0.417. The van der Waals surface area contributed by atoms with E-state index in [1.165, 1.54) is 10.2 Å². The largest absolute Gasteiger partial charge is 0.480 e. The van der Waals surface area contributed by atoms with Crippen LogP contribution in [0.25, 0.3) is 0 Å². The Balaban J connectivity index is 1.66. The minimum absolute atomic E-state index is 0.185. The fourth-order valence-electron chi connectivity index (χ4n) is 2.32. The standard InChI is InChI=1S/C12H14N6O2/c19-11(20)6-18-5-8(16-17-18)4-13-12-9-2-1-3-10(9)14-7-15-12/h5,7H,1-4,6H2,(H,19,20)(H,13,14,15). The van der Waals surface area contributed by atoms with E-state index in [9.17, 15) is 4.79 Å². The number of aryl methyl sites for hydroxylation is 1. The maximum absolute atomic E-state index is 10.6. The predicted molar refractivity (Wildman–Crippen MR) is 69.0 cm³/mol. The summed E-state index contributed by atoms with van der Waals surface area (Å²) in [5, 5.41) is 19.6. The molecule has 1 aliphatic rings. The van der Waals surface area contributed by atoms with E-state index in [1.54, 1.807) is 12.5 Å². The van der Waals surface area contributed by atoms with Crippen molar-refractivity contribution in [2.24, 2.45) is 0 Å². The molecule has 2 aromatic rings. The molecule has 2 aromatic heterocycles. The highest BCUT2D eigenvalue weighted by Crippen LogP contribution is 2.25. The average molecular weight is 274 g/mol. The molecule has 3 rings (SSSR count). The van der Waals surface area contributed by atoms with Gasteiger partial charge in [-0.3, -0.25) is 4.79 Å². The third kappa shape index (κ3) is 2.58. The molecule has 0 amide bonds. The van der Waals surface area contributed by atoms with Crippen LogP contribution in [-0.2, 0) is 30.7 Å². The van der Waals surface area contributed by atoms with Crippen molar-refractivity contribution in [1.82, 2.24) is 25.0 Å². The van der Waals surface area contributed by atoms with Crippen molar-refractivity contribution in [3.05, 3.63) is 29.5 Å². The summed E-state index contributed by atoms with van der Waals surface area (Å²) in [6.07, 6.45) is 6.28. The Hall–Kier alpha value is -2.51. The van der Waals surface area contributed by atoms with Gasteiger partial charge in [-0.05, 0) is 19.3 Å². The van der Waals surface area contributed by atoms with E-state index in [0.717, 1.165) is 30.8 Å². The van der Waals surface area contributed by atoms with Gasteiger partial charge < -0.3 is 10.4 Å². The van der Waals surface area contributed by atoms with Crippen LogP contribution in [0.2, 0.25) is 0 Å². The van der Waals surface area contributed by atoms with Crippen LogP contribution in [0, 0.1) is 0 Å². The summed E-state index contributed by atoms with van der Waals surface area (Å²) < 4.78 is 1.30. The molecule has 0 radical (unpaired) electrons. The van der Waals surface area contributed by atoms with Crippen LogP contribution >= 0.6 is 0 Å². The Labute approximate surface area is 114 Å². The van der Waals surface area contributed by atoms with Crippen LogP contribution in [0.4, 0.5) is 5.82 Å². The molecular formula is C12H14N6O2. The summed E-state index contributed by atoms with van der Waals surface area (Å²) in [6.45, 7) is 0.277. The number of hydrogen-bond acceptors (Lipinski definition) is 6. The highest BCUT2D eigenvalue weighted by Gasteiger charge is 2.16. The third-order valence-electron chi connectivity index (χ3n) is 3.20. The average Bonchev–Trinajstić information content (AvgIpc) is 3.04. The van der Waals surface area contributed by atoms with E-state index in [4.69, 9.17) is 5.11 Å². The molecule has 0 saturated carbocycles. The normalized spacial score (nSPS) is 13.2. The smallest absolute Gasteiger partial charge is 0.325 e. The minimum Gasteiger partial charge on any atom is -0.480 e. The van der Waals surface area contributed by atoms with E-state index in [-0.39, 0.29) is 6.54 Å². The molecule has 2 N–H and O–H groups in total. The molecule has 0 aliphatic heterocycles. The first-order valence-electron chi connectivity index (χ1n) is 6.40. The molecule has 8 heteroatoms. The summed E-state index contributed by atoms with van der Waals surface area (Å²) in [6, 6.07) is 0. The number of nitrogens with one attached hydrogen (secondary N) is 1. The number of rotatable bonds is 5. The lowest BCUT2D eigenvalue weighted by Gasteiger charge is -2.07. The first-order chi connectivity index (χ1) is 9.72. The van der Waals surface area contributed by atoms with Gasteiger partial charge in [-0.2, -0.15) is 0 Å².